The Bertz CT molecular complexity index is 536. The molecular weight excluding hydrogens is 290 g/mol. The molecule has 0 atom stereocenters. The molecule has 2 N–H and O–H groups in total. The van der Waals surface area contributed by atoms with Gasteiger partial charge in [-0.2, -0.15) is 0 Å². The van der Waals surface area contributed by atoms with Crippen molar-refractivity contribution in [1.82, 2.24) is 0 Å². The number of aliphatic hydroxyl groups excluding tert-OH is 1. The van der Waals surface area contributed by atoms with E-state index in [2.05, 4.69) is 17.2 Å². The molecule has 1 saturated carbocycles. The first-order valence-electron chi connectivity index (χ1n) is 8.41. The molecule has 0 heterocycles. The first-order valence-corrected chi connectivity index (χ1v) is 8.41. The third-order valence-corrected chi connectivity index (χ3v) is 4.05. The van der Waals surface area contributed by atoms with Crippen LogP contribution in [0.5, 0.6) is 0 Å². The average molecular weight is 315 g/mol. The van der Waals surface area contributed by atoms with Gasteiger partial charge >= 0.3 is 5.97 Å². The first-order chi connectivity index (χ1) is 11.3. The number of aliphatic hydroxyl groups is 1. The van der Waals surface area contributed by atoms with Crippen molar-refractivity contribution in [1.29, 1.82) is 0 Å². The van der Waals surface area contributed by atoms with E-state index in [9.17, 15) is 4.79 Å². The average Bonchev–Trinajstić information content (AvgIpc) is 2.60. The van der Waals surface area contributed by atoms with Crippen molar-refractivity contribution < 1.29 is 14.6 Å². The van der Waals surface area contributed by atoms with Gasteiger partial charge in [-0.1, -0.05) is 25.2 Å². The van der Waals surface area contributed by atoms with Gasteiger partial charge in [0.05, 0.1) is 6.61 Å². The molecule has 2 rings (SSSR count). The topological polar surface area (TPSA) is 58.6 Å². The molecule has 0 unspecified atom stereocenters. The fourth-order valence-corrected chi connectivity index (χ4v) is 2.71. The Hall–Kier alpha value is -1.99. The number of hydrogen-bond donors (Lipinski definition) is 2. The number of carbonyl (C=O) groups excluding carboxylic acids is 1. The SMILES string of the molecule is O=C(C#Cc1ccc(NCC2CCCCC2)cc1)OCCCO. The summed E-state index contributed by atoms with van der Waals surface area (Å²) in [5, 5.41) is 12.1. The smallest absolute Gasteiger partial charge is 0.384 e. The van der Waals surface area contributed by atoms with Gasteiger partial charge in [-0.25, -0.2) is 4.79 Å². The van der Waals surface area contributed by atoms with E-state index in [4.69, 9.17) is 9.84 Å². The van der Waals surface area contributed by atoms with Crippen molar-refractivity contribution in [3.8, 4) is 11.8 Å². The highest BCUT2D eigenvalue weighted by molar-refractivity contribution is 5.89. The Kier molecular flexibility index (Phi) is 7.48. The molecule has 0 amide bonds. The number of ether oxygens (including phenoxy) is 1. The third kappa shape index (κ3) is 6.75. The molecule has 1 aliphatic carbocycles. The van der Waals surface area contributed by atoms with Crippen LogP contribution in [0, 0.1) is 17.8 Å². The summed E-state index contributed by atoms with van der Waals surface area (Å²) in [6.07, 6.45) is 7.19. The minimum Gasteiger partial charge on any atom is -0.456 e. The maximum Gasteiger partial charge on any atom is 0.384 e. The summed E-state index contributed by atoms with van der Waals surface area (Å²) in [4.78, 5) is 11.3. The van der Waals surface area contributed by atoms with Crippen LogP contribution in [0.25, 0.3) is 0 Å². The minimum absolute atomic E-state index is 0.00995. The lowest BCUT2D eigenvalue weighted by atomic mass is 9.89. The van der Waals surface area contributed by atoms with Crippen LogP contribution < -0.4 is 5.32 Å². The monoisotopic (exact) mass is 315 g/mol. The molecule has 1 aromatic carbocycles. The van der Waals surface area contributed by atoms with Gasteiger partial charge < -0.3 is 15.2 Å². The number of esters is 1. The molecule has 0 spiro atoms. The van der Waals surface area contributed by atoms with E-state index in [0.29, 0.717) is 6.42 Å². The highest BCUT2D eigenvalue weighted by atomic mass is 16.5. The van der Waals surface area contributed by atoms with E-state index in [1.807, 2.05) is 24.3 Å². The van der Waals surface area contributed by atoms with Gasteiger partial charge in [-0.15, -0.1) is 0 Å². The summed E-state index contributed by atoms with van der Waals surface area (Å²) >= 11 is 0. The Morgan fingerprint density at radius 2 is 1.96 bits per heavy atom. The Balaban J connectivity index is 1.76. The number of nitrogens with one attached hydrogen (secondary N) is 1. The van der Waals surface area contributed by atoms with Gasteiger partial charge in [-0.05, 0) is 43.0 Å². The highest BCUT2D eigenvalue weighted by Crippen LogP contribution is 2.24. The molecule has 1 fully saturated rings. The maximum atomic E-state index is 11.3. The van der Waals surface area contributed by atoms with Crippen molar-refractivity contribution in [3.05, 3.63) is 29.8 Å². The number of benzene rings is 1. The molecule has 0 aromatic heterocycles. The van der Waals surface area contributed by atoms with E-state index < -0.39 is 5.97 Å². The molecule has 0 radical (unpaired) electrons. The van der Waals surface area contributed by atoms with Crippen LogP contribution in [0.3, 0.4) is 0 Å². The van der Waals surface area contributed by atoms with Crippen LogP contribution in [0.15, 0.2) is 24.3 Å². The lowest BCUT2D eigenvalue weighted by molar-refractivity contribution is -0.136. The number of anilines is 1. The molecular formula is C19H25NO3. The first kappa shape index (κ1) is 17.4. The third-order valence-electron chi connectivity index (χ3n) is 4.05. The molecule has 23 heavy (non-hydrogen) atoms. The summed E-state index contributed by atoms with van der Waals surface area (Å²) in [6, 6.07) is 7.78. The number of carbonyl (C=O) groups is 1. The van der Waals surface area contributed by atoms with Crippen molar-refractivity contribution in [3.63, 3.8) is 0 Å². The molecule has 0 bridgehead atoms. The normalized spacial score (nSPS) is 14.7. The summed E-state index contributed by atoms with van der Waals surface area (Å²) in [5.74, 6) is 5.47. The zero-order valence-corrected chi connectivity index (χ0v) is 13.5. The maximum absolute atomic E-state index is 11.3. The standard InChI is InChI=1S/C19H25NO3/c21-13-4-14-23-19(22)12-9-16-7-10-18(11-8-16)20-15-17-5-2-1-3-6-17/h7-8,10-11,17,20-21H,1-6,13-15H2. The van der Waals surface area contributed by atoms with Gasteiger partial charge in [0.2, 0.25) is 0 Å². The van der Waals surface area contributed by atoms with Crippen LogP contribution >= 0.6 is 0 Å². The van der Waals surface area contributed by atoms with Gasteiger partial charge in [0.25, 0.3) is 0 Å². The van der Waals surface area contributed by atoms with Crippen molar-refractivity contribution in [2.24, 2.45) is 5.92 Å². The van der Waals surface area contributed by atoms with Crippen LogP contribution in [0.2, 0.25) is 0 Å². The second kappa shape index (κ2) is 9.91. The molecule has 1 aliphatic rings. The predicted molar refractivity (Wildman–Crippen MR) is 91.0 cm³/mol. The van der Waals surface area contributed by atoms with Gasteiger partial charge in [0, 0.05) is 36.7 Å². The molecule has 0 saturated heterocycles. The second-order valence-corrected chi connectivity index (χ2v) is 5.93. The van der Waals surface area contributed by atoms with Crippen LogP contribution in [-0.2, 0) is 9.53 Å². The Labute approximate surface area is 138 Å². The zero-order valence-electron chi connectivity index (χ0n) is 13.5. The van der Waals surface area contributed by atoms with Gasteiger partial charge in [-0.3, -0.25) is 0 Å². The van der Waals surface area contributed by atoms with Gasteiger partial charge in [0.1, 0.15) is 0 Å². The number of rotatable bonds is 6. The van der Waals surface area contributed by atoms with Crippen LogP contribution in [0.1, 0.15) is 44.1 Å². The van der Waals surface area contributed by atoms with E-state index in [1.54, 1.807) is 0 Å². The van der Waals surface area contributed by atoms with Gasteiger partial charge in [0.15, 0.2) is 0 Å². The lowest BCUT2D eigenvalue weighted by Gasteiger charge is -2.22. The van der Waals surface area contributed by atoms with E-state index in [-0.39, 0.29) is 13.2 Å². The largest absolute Gasteiger partial charge is 0.456 e. The Morgan fingerprint density at radius 1 is 1.22 bits per heavy atom. The minimum atomic E-state index is -0.557. The fourth-order valence-electron chi connectivity index (χ4n) is 2.71. The van der Waals surface area contributed by atoms with Crippen LogP contribution in [0.4, 0.5) is 5.69 Å². The molecule has 124 valence electrons. The van der Waals surface area contributed by atoms with E-state index in [0.717, 1.165) is 23.7 Å². The quantitative estimate of drug-likeness (QED) is 0.481. The van der Waals surface area contributed by atoms with E-state index in [1.165, 1.54) is 32.1 Å². The number of hydrogen-bond acceptors (Lipinski definition) is 4. The Morgan fingerprint density at radius 3 is 2.65 bits per heavy atom. The predicted octanol–water partition coefficient (Wildman–Crippen LogP) is 2.96. The molecule has 1 aromatic rings. The van der Waals surface area contributed by atoms with Crippen molar-refractivity contribution in [2.45, 2.75) is 38.5 Å². The second-order valence-electron chi connectivity index (χ2n) is 5.93. The fraction of sp³-hybridized carbons (Fsp3) is 0.526. The van der Waals surface area contributed by atoms with Crippen molar-refractivity contribution in [2.75, 3.05) is 25.1 Å². The van der Waals surface area contributed by atoms with Crippen molar-refractivity contribution >= 4 is 11.7 Å². The highest BCUT2D eigenvalue weighted by Gasteiger charge is 2.12. The molecule has 4 nitrogen and oxygen atoms in total. The summed E-state index contributed by atoms with van der Waals surface area (Å²) in [7, 11) is 0. The molecule has 4 heteroatoms. The summed E-state index contributed by atoms with van der Waals surface area (Å²) < 4.78 is 4.85. The molecule has 0 aliphatic heterocycles. The van der Waals surface area contributed by atoms with Crippen LogP contribution in [-0.4, -0.2) is 30.8 Å². The summed E-state index contributed by atoms with van der Waals surface area (Å²) in [5.41, 5.74) is 1.87. The lowest BCUT2D eigenvalue weighted by Crippen LogP contribution is -2.16. The van der Waals surface area contributed by atoms with E-state index >= 15 is 0 Å². The zero-order chi connectivity index (χ0) is 16.3. The summed E-state index contributed by atoms with van der Waals surface area (Å²) in [6.45, 7) is 1.24.